The number of rotatable bonds is 6. The van der Waals surface area contributed by atoms with Gasteiger partial charge in [-0.25, -0.2) is 13.4 Å². The van der Waals surface area contributed by atoms with E-state index in [1.54, 1.807) is 47.4 Å². The molecule has 3 aromatic rings. The van der Waals surface area contributed by atoms with Gasteiger partial charge in [-0.1, -0.05) is 18.2 Å². The van der Waals surface area contributed by atoms with Gasteiger partial charge in [-0.15, -0.1) is 0 Å². The van der Waals surface area contributed by atoms with Crippen molar-refractivity contribution in [2.24, 2.45) is 0 Å². The monoisotopic (exact) mass is 591 g/mol. The molecule has 1 aromatic heterocycles. The quantitative estimate of drug-likeness (QED) is 0.465. The van der Waals surface area contributed by atoms with Crippen LogP contribution in [0.2, 0.25) is 0 Å². The zero-order valence-corrected chi connectivity index (χ0v) is 22.9. The average molecular weight is 592 g/mol. The van der Waals surface area contributed by atoms with Crippen molar-refractivity contribution in [3.8, 4) is 11.5 Å². The average Bonchev–Trinajstić information content (AvgIpc) is 3.62. The first-order valence-electron chi connectivity index (χ1n) is 13.0. The van der Waals surface area contributed by atoms with E-state index in [0.717, 1.165) is 11.9 Å². The van der Waals surface area contributed by atoms with Gasteiger partial charge in [0.1, 0.15) is 6.04 Å². The van der Waals surface area contributed by atoms with Crippen LogP contribution in [0.1, 0.15) is 29.1 Å². The first-order valence-corrected chi connectivity index (χ1v) is 14.8. The van der Waals surface area contributed by atoms with Gasteiger partial charge < -0.3 is 19.5 Å². The number of hydrogen-bond donors (Lipinski definition) is 1. The number of hydrogen-bond acceptors (Lipinski definition) is 7. The SMILES string of the molecule is CS(=O)(=O)N1CCC[C@@H]1C(=O)N1CCN(c2ccc(NC(=O)c3nc(-c4ccccc4)oc3C(F)(F)F)cc2)CC1. The van der Waals surface area contributed by atoms with E-state index in [1.807, 2.05) is 4.90 Å². The number of nitrogens with one attached hydrogen (secondary N) is 1. The third kappa shape index (κ3) is 6.22. The summed E-state index contributed by atoms with van der Waals surface area (Å²) >= 11 is 0. The van der Waals surface area contributed by atoms with Gasteiger partial charge in [0, 0.05) is 49.7 Å². The summed E-state index contributed by atoms with van der Waals surface area (Å²) in [5.74, 6) is -3.03. The third-order valence-electron chi connectivity index (χ3n) is 7.12. The van der Waals surface area contributed by atoms with E-state index in [1.165, 1.54) is 16.4 Å². The highest BCUT2D eigenvalue weighted by Crippen LogP contribution is 2.35. The van der Waals surface area contributed by atoms with E-state index in [0.29, 0.717) is 51.1 Å². The lowest BCUT2D eigenvalue weighted by molar-refractivity contribution is -0.153. The molecule has 10 nitrogen and oxygen atoms in total. The van der Waals surface area contributed by atoms with Crippen LogP contribution >= 0.6 is 0 Å². The minimum Gasteiger partial charge on any atom is -0.431 e. The Labute approximate surface area is 234 Å². The number of carbonyl (C=O) groups is 2. The van der Waals surface area contributed by atoms with Crippen LogP contribution in [-0.4, -0.2) is 79.4 Å². The molecule has 0 saturated carbocycles. The number of piperazine rings is 1. The summed E-state index contributed by atoms with van der Waals surface area (Å²) in [7, 11) is -3.46. The lowest BCUT2D eigenvalue weighted by Gasteiger charge is -2.38. The maximum absolute atomic E-state index is 13.6. The predicted molar refractivity (Wildman–Crippen MR) is 145 cm³/mol. The van der Waals surface area contributed by atoms with E-state index in [4.69, 9.17) is 4.42 Å². The molecule has 0 unspecified atom stereocenters. The summed E-state index contributed by atoms with van der Waals surface area (Å²) < 4.78 is 71.1. The van der Waals surface area contributed by atoms with E-state index in [-0.39, 0.29) is 17.5 Å². The number of aromatic nitrogens is 1. The van der Waals surface area contributed by atoms with Crippen LogP contribution in [0.5, 0.6) is 0 Å². The molecule has 2 aliphatic heterocycles. The molecule has 1 N–H and O–H groups in total. The van der Waals surface area contributed by atoms with Crippen molar-refractivity contribution in [1.82, 2.24) is 14.2 Å². The van der Waals surface area contributed by atoms with Crippen LogP contribution in [0.15, 0.2) is 59.0 Å². The summed E-state index contributed by atoms with van der Waals surface area (Å²) in [6.45, 7) is 2.21. The van der Waals surface area contributed by atoms with Gasteiger partial charge in [0.25, 0.3) is 5.91 Å². The standard InChI is InChI=1S/C27H28F3N5O5S/c1-41(38,39)35-13-5-8-21(35)26(37)34-16-14-33(15-17-34)20-11-9-19(10-12-20)31-24(36)22-23(27(28,29)30)40-25(32-22)18-6-3-2-4-7-18/h2-4,6-7,9-12,21H,5,8,13-17H2,1H3,(H,31,36)/t21-/m1/s1. The van der Waals surface area contributed by atoms with Crippen LogP contribution < -0.4 is 10.2 Å². The second-order valence-electron chi connectivity index (χ2n) is 9.91. The van der Waals surface area contributed by atoms with E-state index in [9.17, 15) is 31.2 Å². The summed E-state index contributed by atoms with van der Waals surface area (Å²) in [6, 6.07) is 13.9. The Balaban J connectivity index is 1.22. The Kier molecular flexibility index (Phi) is 7.79. The lowest BCUT2D eigenvalue weighted by Crippen LogP contribution is -2.54. The molecule has 218 valence electrons. The Morgan fingerprint density at radius 3 is 2.24 bits per heavy atom. The summed E-state index contributed by atoms with van der Waals surface area (Å²) in [6.07, 6.45) is -2.65. The maximum atomic E-state index is 13.6. The second kappa shape index (κ2) is 11.2. The zero-order chi connectivity index (χ0) is 29.4. The van der Waals surface area contributed by atoms with Crippen molar-refractivity contribution in [2.45, 2.75) is 25.1 Å². The second-order valence-corrected chi connectivity index (χ2v) is 11.8. The van der Waals surface area contributed by atoms with Gasteiger partial charge in [-0.2, -0.15) is 17.5 Å². The molecular formula is C27H28F3N5O5S. The van der Waals surface area contributed by atoms with Crippen LogP contribution in [0.3, 0.4) is 0 Å². The van der Waals surface area contributed by atoms with Crippen LogP contribution in [0, 0.1) is 0 Å². The minimum atomic E-state index is -4.92. The third-order valence-corrected chi connectivity index (χ3v) is 8.41. The molecule has 1 atom stereocenters. The van der Waals surface area contributed by atoms with E-state index < -0.39 is 39.6 Å². The fraction of sp³-hybridized carbons (Fsp3) is 0.370. The van der Waals surface area contributed by atoms with Crippen LogP contribution in [0.4, 0.5) is 24.5 Å². The van der Waals surface area contributed by atoms with Gasteiger partial charge in [-0.05, 0) is 49.2 Å². The maximum Gasteiger partial charge on any atom is 0.452 e. The van der Waals surface area contributed by atoms with Gasteiger partial charge in [-0.3, -0.25) is 9.59 Å². The Morgan fingerprint density at radius 1 is 0.976 bits per heavy atom. The van der Waals surface area contributed by atoms with Crippen molar-refractivity contribution in [2.75, 3.05) is 49.2 Å². The highest BCUT2D eigenvalue weighted by atomic mass is 32.2. The Hall–Kier alpha value is -3.91. The molecule has 3 heterocycles. The molecule has 2 fully saturated rings. The number of carbonyl (C=O) groups excluding carboxylic acids is 2. The number of benzene rings is 2. The molecule has 0 aliphatic carbocycles. The van der Waals surface area contributed by atoms with Crippen molar-refractivity contribution in [1.29, 1.82) is 0 Å². The van der Waals surface area contributed by atoms with Crippen molar-refractivity contribution >= 4 is 33.2 Å². The molecule has 2 amide bonds. The molecule has 0 radical (unpaired) electrons. The topological polar surface area (TPSA) is 116 Å². The first kappa shape index (κ1) is 28.6. The summed E-state index contributed by atoms with van der Waals surface area (Å²) in [4.78, 5) is 33.3. The highest BCUT2D eigenvalue weighted by molar-refractivity contribution is 7.88. The minimum absolute atomic E-state index is 0.188. The van der Waals surface area contributed by atoms with Gasteiger partial charge in [0.05, 0.1) is 6.26 Å². The van der Waals surface area contributed by atoms with Crippen molar-refractivity contribution in [3.63, 3.8) is 0 Å². The number of oxazole rings is 1. The van der Waals surface area contributed by atoms with Crippen molar-refractivity contribution in [3.05, 3.63) is 66.1 Å². The van der Waals surface area contributed by atoms with Gasteiger partial charge >= 0.3 is 6.18 Å². The fourth-order valence-electron chi connectivity index (χ4n) is 5.10. The van der Waals surface area contributed by atoms with Crippen molar-refractivity contribution < 1.29 is 35.6 Å². The molecular weight excluding hydrogens is 563 g/mol. The normalized spacial score (nSPS) is 18.5. The molecule has 5 rings (SSSR count). The largest absolute Gasteiger partial charge is 0.452 e. The molecule has 41 heavy (non-hydrogen) atoms. The fourth-order valence-corrected chi connectivity index (χ4v) is 6.21. The van der Waals surface area contributed by atoms with E-state index >= 15 is 0 Å². The Bertz CT molecular complexity index is 1520. The highest BCUT2D eigenvalue weighted by Gasteiger charge is 2.42. The predicted octanol–water partition coefficient (Wildman–Crippen LogP) is 3.69. The molecule has 2 saturated heterocycles. The number of alkyl halides is 3. The van der Waals surface area contributed by atoms with Gasteiger partial charge in [0.15, 0.2) is 5.69 Å². The van der Waals surface area contributed by atoms with Gasteiger partial charge in [0.2, 0.25) is 27.6 Å². The van der Waals surface area contributed by atoms with Crippen LogP contribution in [-0.2, 0) is 21.0 Å². The smallest absolute Gasteiger partial charge is 0.431 e. The number of sulfonamides is 1. The summed E-state index contributed by atoms with van der Waals surface area (Å²) in [5, 5.41) is 2.45. The Morgan fingerprint density at radius 2 is 1.63 bits per heavy atom. The molecule has 14 heteroatoms. The number of amides is 2. The van der Waals surface area contributed by atoms with E-state index in [2.05, 4.69) is 10.3 Å². The number of nitrogens with zero attached hydrogens (tertiary/aromatic N) is 4. The molecule has 2 aliphatic rings. The number of halogens is 3. The number of anilines is 2. The summed E-state index contributed by atoms with van der Waals surface area (Å²) in [5.41, 5.74) is 0.515. The first-order chi connectivity index (χ1) is 19.4. The lowest BCUT2D eigenvalue weighted by atomic mass is 10.1. The molecule has 2 aromatic carbocycles. The van der Waals surface area contributed by atoms with Crippen LogP contribution in [0.25, 0.3) is 11.5 Å². The molecule has 0 spiro atoms. The molecule has 0 bridgehead atoms. The zero-order valence-electron chi connectivity index (χ0n) is 22.1.